The molecule has 0 atom stereocenters. The van der Waals surface area contributed by atoms with Crippen molar-refractivity contribution in [2.24, 2.45) is 7.05 Å². The molecule has 6 heteroatoms. The molecule has 0 aliphatic heterocycles. The molecule has 2 heterocycles. The monoisotopic (exact) mass is 310 g/mol. The van der Waals surface area contributed by atoms with Crippen LogP contribution in [0.2, 0.25) is 0 Å². The van der Waals surface area contributed by atoms with E-state index in [0.717, 1.165) is 11.1 Å². The molecule has 23 heavy (non-hydrogen) atoms. The fourth-order valence-electron chi connectivity index (χ4n) is 2.58. The standard InChI is InChI=1S/C17H14N2O4/c1-19-8-14(10-4-3-5-11(6-10)17(22)23-2)13-7-12(9-20)18-15(13)16(19)21/h3-9,18H,1-2H3. The topological polar surface area (TPSA) is 81.2 Å². The lowest BCUT2D eigenvalue weighted by Crippen LogP contribution is -2.16. The number of hydrogen-bond acceptors (Lipinski definition) is 4. The number of ether oxygens (including phenoxy) is 1. The fourth-order valence-corrected chi connectivity index (χ4v) is 2.58. The number of hydrogen-bond donors (Lipinski definition) is 1. The third kappa shape index (κ3) is 2.44. The zero-order chi connectivity index (χ0) is 16.6. The maximum absolute atomic E-state index is 12.2. The zero-order valence-corrected chi connectivity index (χ0v) is 12.6. The van der Waals surface area contributed by atoms with Gasteiger partial charge >= 0.3 is 5.97 Å². The van der Waals surface area contributed by atoms with Crippen molar-refractivity contribution in [2.45, 2.75) is 0 Å². The molecule has 1 N–H and O–H groups in total. The van der Waals surface area contributed by atoms with Crippen molar-refractivity contribution in [3.63, 3.8) is 0 Å². The first kappa shape index (κ1) is 14.8. The van der Waals surface area contributed by atoms with E-state index in [1.54, 1.807) is 37.5 Å². The predicted octanol–water partition coefficient (Wildman–Crippen LogP) is 2.13. The van der Waals surface area contributed by atoms with Gasteiger partial charge in [0.15, 0.2) is 6.29 Å². The number of benzene rings is 1. The van der Waals surface area contributed by atoms with Gasteiger partial charge in [-0.15, -0.1) is 0 Å². The summed E-state index contributed by atoms with van der Waals surface area (Å²) in [6.45, 7) is 0. The van der Waals surface area contributed by atoms with Crippen LogP contribution in [0.5, 0.6) is 0 Å². The highest BCUT2D eigenvalue weighted by Crippen LogP contribution is 2.28. The molecule has 2 aromatic heterocycles. The smallest absolute Gasteiger partial charge is 0.337 e. The van der Waals surface area contributed by atoms with Crippen LogP contribution < -0.4 is 5.56 Å². The molecular formula is C17H14N2O4. The molecule has 3 rings (SSSR count). The number of rotatable bonds is 3. The minimum atomic E-state index is -0.435. The number of aryl methyl sites for hydroxylation is 1. The predicted molar refractivity (Wildman–Crippen MR) is 85.7 cm³/mol. The van der Waals surface area contributed by atoms with Gasteiger partial charge < -0.3 is 14.3 Å². The Balaban J connectivity index is 2.30. The van der Waals surface area contributed by atoms with Crippen LogP contribution >= 0.6 is 0 Å². The summed E-state index contributed by atoms with van der Waals surface area (Å²) in [5.74, 6) is -0.435. The quantitative estimate of drug-likeness (QED) is 0.593. The van der Waals surface area contributed by atoms with E-state index in [-0.39, 0.29) is 5.56 Å². The van der Waals surface area contributed by atoms with Gasteiger partial charge in [0.2, 0.25) is 0 Å². The molecule has 0 spiro atoms. The van der Waals surface area contributed by atoms with Crippen LogP contribution in [0, 0.1) is 0 Å². The van der Waals surface area contributed by atoms with Gasteiger partial charge in [-0.05, 0) is 23.8 Å². The molecule has 0 amide bonds. The summed E-state index contributed by atoms with van der Waals surface area (Å²) in [4.78, 5) is 37.7. The number of aldehydes is 1. The van der Waals surface area contributed by atoms with Crippen LogP contribution in [0.4, 0.5) is 0 Å². The van der Waals surface area contributed by atoms with Gasteiger partial charge in [-0.1, -0.05) is 12.1 Å². The molecule has 6 nitrogen and oxygen atoms in total. The van der Waals surface area contributed by atoms with E-state index in [4.69, 9.17) is 4.74 Å². The molecule has 116 valence electrons. The first-order chi connectivity index (χ1) is 11.0. The van der Waals surface area contributed by atoms with E-state index in [0.29, 0.717) is 28.4 Å². The first-order valence-electron chi connectivity index (χ1n) is 6.91. The summed E-state index contributed by atoms with van der Waals surface area (Å²) in [5.41, 5.74) is 2.38. The van der Waals surface area contributed by atoms with Gasteiger partial charge in [-0.3, -0.25) is 9.59 Å². The summed E-state index contributed by atoms with van der Waals surface area (Å²) in [5, 5.41) is 0.636. The molecule has 0 aliphatic rings. The minimum Gasteiger partial charge on any atom is -0.465 e. The zero-order valence-electron chi connectivity index (χ0n) is 12.6. The lowest BCUT2D eigenvalue weighted by molar-refractivity contribution is 0.0600. The molecule has 0 saturated carbocycles. The van der Waals surface area contributed by atoms with Crippen molar-refractivity contribution in [2.75, 3.05) is 7.11 Å². The number of aromatic nitrogens is 2. The molecule has 0 bridgehead atoms. The first-order valence-corrected chi connectivity index (χ1v) is 6.91. The van der Waals surface area contributed by atoms with Gasteiger partial charge in [0, 0.05) is 24.2 Å². The second-order valence-electron chi connectivity index (χ2n) is 5.16. The number of nitrogens with one attached hydrogen (secondary N) is 1. The molecule has 0 saturated heterocycles. The molecule has 3 aromatic rings. The summed E-state index contributed by atoms with van der Waals surface area (Å²) >= 11 is 0. The Kier molecular flexibility index (Phi) is 3.57. The van der Waals surface area contributed by atoms with E-state index < -0.39 is 5.97 Å². The summed E-state index contributed by atoms with van der Waals surface area (Å²) < 4.78 is 6.17. The number of pyridine rings is 1. The van der Waals surface area contributed by atoms with E-state index >= 15 is 0 Å². The summed E-state index contributed by atoms with van der Waals surface area (Å²) in [6, 6.07) is 8.55. The van der Waals surface area contributed by atoms with Crippen LogP contribution in [-0.4, -0.2) is 28.9 Å². The van der Waals surface area contributed by atoms with Crippen molar-refractivity contribution < 1.29 is 14.3 Å². The van der Waals surface area contributed by atoms with Crippen molar-refractivity contribution in [1.82, 2.24) is 9.55 Å². The number of H-pyrrole nitrogens is 1. The number of esters is 1. The van der Waals surface area contributed by atoms with Crippen molar-refractivity contribution in [3.8, 4) is 11.1 Å². The van der Waals surface area contributed by atoms with E-state index in [1.807, 2.05) is 6.07 Å². The van der Waals surface area contributed by atoms with Crippen LogP contribution in [0.25, 0.3) is 22.0 Å². The van der Waals surface area contributed by atoms with Crippen molar-refractivity contribution >= 4 is 23.2 Å². The molecule has 0 radical (unpaired) electrons. The Morgan fingerprint density at radius 3 is 2.78 bits per heavy atom. The van der Waals surface area contributed by atoms with Crippen LogP contribution in [-0.2, 0) is 11.8 Å². The van der Waals surface area contributed by atoms with Crippen LogP contribution in [0.15, 0.2) is 41.3 Å². The van der Waals surface area contributed by atoms with Gasteiger partial charge in [0.25, 0.3) is 5.56 Å². The number of carbonyl (C=O) groups excluding carboxylic acids is 2. The summed E-state index contributed by atoms with van der Waals surface area (Å²) in [7, 11) is 2.96. The lowest BCUT2D eigenvalue weighted by Gasteiger charge is -2.08. The van der Waals surface area contributed by atoms with Gasteiger partial charge in [0.1, 0.15) is 5.52 Å². The number of carbonyl (C=O) groups is 2. The Morgan fingerprint density at radius 1 is 1.30 bits per heavy atom. The normalized spacial score (nSPS) is 10.7. The Labute approximate surface area is 131 Å². The maximum Gasteiger partial charge on any atom is 0.337 e. The third-order valence-electron chi connectivity index (χ3n) is 3.71. The van der Waals surface area contributed by atoms with E-state index in [2.05, 4.69) is 4.98 Å². The average molecular weight is 310 g/mol. The minimum absolute atomic E-state index is 0.221. The number of fused-ring (bicyclic) bond motifs is 1. The maximum atomic E-state index is 12.2. The van der Waals surface area contributed by atoms with Gasteiger partial charge in [-0.25, -0.2) is 4.79 Å². The Hall–Kier alpha value is -3.15. The van der Waals surface area contributed by atoms with Crippen molar-refractivity contribution in [3.05, 3.63) is 58.1 Å². The molecule has 0 fully saturated rings. The second-order valence-corrected chi connectivity index (χ2v) is 5.16. The largest absolute Gasteiger partial charge is 0.465 e. The highest BCUT2D eigenvalue weighted by molar-refractivity contribution is 5.99. The SMILES string of the molecule is COC(=O)c1cccc(-c2cn(C)c(=O)c3[nH]c(C=O)cc23)c1. The lowest BCUT2D eigenvalue weighted by atomic mass is 10.0. The number of methoxy groups -OCH3 is 1. The van der Waals surface area contributed by atoms with Crippen molar-refractivity contribution in [1.29, 1.82) is 0 Å². The Bertz CT molecular complexity index is 982. The van der Waals surface area contributed by atoms with E-state index in [1.165, 1.54) is 11.7 Å². The molecular weight excluding hydrogens is 296 g/mol. The highest BCUT2D eigenvalue weighted by Gasteiger charge is 2.14. The van der Waals surface area contributed by atoms with Gasteiger partial charge in [-0.2, -0.15) is 0 Å². The average Bonchev–Trinajstić information content (AvgIpc) is 3.02. The number of aromatic amines is 1. The second kappa shape index (κ2) is 5.57. The summed E-state index contributed by atoms with van der Waals surface area (Å²) in [6.07, 6.45) is 2.34. The van der Waals surface area contributed by atoms with Crippen LogP contribution in [0.3, 0.4) is 0 Å². The molecule has 0 unspecified atom stereocenters. The van der Waals surface area contributed by atoms with Crippen LogP contribution in [0.1, 0.15) is 20.8 Å². The highest BCUT2D eigenvalue weighted by atomic mass is 16.5. The fraction of sp³-hybridized carbons (Fsp3) is 0.118. The molecule has 1 aromatic carbocycles. The third-order valence-corrected chi connectivity index (χ3v) is 3.71. The Morgan fingerprint density at radius 2 is 2.09 bits per heavy atom. The van der Waals surface area contributed by atoms with E-state index in [9.17, 15) is 14.4 Å². The van der Waals surface area contributed by atoms with Gasteiger partial charge in [0.05, 0.1) is 18.4 Å². The molecule has 0 aliphatic carbocycles. The number of nitrogens with zero attached hydrogens (tertiary/aromatic N) is 1.